The zero-order valence-electron chi connectivity index (χ0n) is 9.10. The van der Waals surface area contributed by atoms with E-state index in [0.717, 1.165) is 23.0 Å². The maximum atomic E-state index is 9.37. The Morgan fingerprint density at radius 2 is 2.12 bits per heavy atom. The molecule has 0 radical (unpaired) electrons. The van der Waals surface area contributed by atoms with Crippen LogP contribution in [-0.4, -0.2) is 35.0 Å². The Labute approximate surface area is 91.7 Å². The van der Waals surface area contributed by atoms with Crippen LogP contribution in [0.1, 0.15) is 17.2 Å². The number of aromatic amines is 1. The molecule has 1 aliphatic rings. The van der Waals surface area contributed by atoms with Crippen molar-refractivity contribution in [2.24, 2.45) is 7.05 Å². The molecule has 0 saturated heterocycles. The summed E-state index contributed by atoms with van der Waals surface area (Å²) in [7, 11) is 1.91. The molecule has 7 nitrogen and oxygen atoms in total. The van der Waals surface area contributed by atoms with Gasteiger partial charge in [-0.15, -0.1) is 0 Å². The first kappa shape index (κ1) is 9.49. The minimum atomic E-state index is 0.465. The summed E-state index contributed by atoms with van der Waals surface area (Å²) >= 11 is 0. The van der Waals surface area contributed by atoms with Crippen molar-refractivity contribution in [3.63, 3.8) is 0 Å². The van der Waals surface area contributed by atoms with E-state index in [1.807, 2.05) is 18.5 Å². The van der Waals surface area contributed by atoms with E-state index in [1.54, 1.807) is 0 Å². The second-order valence-corrected chi connectivity index (χ2v) is 3.95. The molecule has 0 amide bonds. The van der Waals surface area contributed by atoms with Gasteiger partial charge in [0.1, 0.15) is 5.82 Å². The lowest BCUT2D eigenvalue weighted by Crippen LogP contribution is -2.12. The number of rotatable bonds is 1. The fraction of sp³-hybridized carbons (Fsp3) is 0.444. The number of hydrogen-bond acceptors (Lipinski definition) is 5. The highest BCUT2D eigenvalue weighted by Crippen LogP contribution is 2.25. The van der Waals surface area contributed by atoms with E-state index in [4.69, 9.17) is 0 Å². The standard InChI is InChI=1S/C9H12N6O/c1-5-10-8(13-12-5)9-11-6-3-15(16)4-7(6)14(9)2/h16H,3-4H2,1-2H3,(H,10,12,13). The fourth-order valence-corrected chi connectivity index (χ4v) is 1.96. The van der Waals surface area contributed by atoms with E-state index in [1.165, 1.54) is 5.06 Å². The predicted molar refractivity (Wildman–Crippen MR) is 54.4 cm³/mol. The zero-order chi connectivity index (χ0) is 11.3. The molecule has 2 N–H and O–H groups in total. The zero-order valence-corrected chi connectivity index (χ0v) is 9.10. The summed E-state index contributed by atoms with van der Waals surface area (Å²) in [6.07, 6.45) is 0. The lowest BCUT2D eigenvalue weighted by Gasteiger charge is -2.05. The minimum Gasteiger partial charge on any atom is -0.327 e. The number of H-pyrrole nitrogens is 1. The summed E-state index contributed by atoms with van der Waals surface area (Å²) in [6, 6.07) is 0. The lowest BCUT2D eigenvalue weighted by atomic mass is 10.4. The molecular formula is C9H12N6O. The van der Waals surface area contributed by atoms with Gasteiger partial charge in [-0.1, -0.05) is 0 Å². The molecule has 0 fully saturated rings. The van der Waals surface area contributed by atoms with E-state index in [0.29, 0.717) is 18.9 Å². The van der Waals surface area contributed by atoms with Crippen LogP contribution in [-0.2, 0) is 20.1 Å². The predicted octanol–water partition coefficient (Wildman–Crippen LogP) is 0.218. The van der Waals surface area contributed by atoms with Crippen molar-refractivity contribution < 1.29 is 5.21 Å². The average molecular weight is 220 g/mol. The average Bonchev–Trinajstić information content (AvgIpc) is 2.85. The topological polar surface area (TPSA) is 82.9 Å². The van der Waals surface area contributed by atoms with Gasteiger partial charge in [0, 0.05) is 7.05 Å². The van der Waals surface area contributed by atoms with Gasteiger partial charge in [0.05, 0.1) is 24.5 Å². The highest BCUT2D eigenvalue weighted by Gasteiger charge is 2.26. The molecular weight excluding hydrogens is 208 g/mol. The quantitative estimate of drug-likeness (QED) is 0.718. The van der Waals surface area contributed by atoms with Crippen LogP contribution in [0.3, 0.4) is 0 Å². The van der Waals surface area contributed by atoms with Gasteiger partial charge in [-0.05, 0) is 6.92 Å². The monoisotopic (exact) mass is 220 g/mol. The van der Waals surface area contributed by atoms with Crippen LogP contribution in [0.4, 0.5) is 0 Å². The van der Waals surface area contributed by atoms with Gasteiger partial charge in [-0.3, -0.25) is 5.10 Å². The number of fused-ring (bicyclic) bond motifs is 1. The van der Waals surface area contributed by atoms with Crippen LogP contribution < -0.4 is 0 Å². The summed E-state index contributed by atoms with van der Waals surface area (Å²) in [5, 5.41) is 17.5. The van der Waals surface area contributed by atoms with Crippen LogP contribution >= 0.6 is 0 Å². The molecule has 3 rings (SSSR count). The van der Waals surface area contributed by atoms with Crippen LogP contribution in [0, 0.1) is 6.92 Å². The number of aromatic nitrogens is 5. The first-order chi connectivity index (χ1) is 7.65. The highest BCUT2D eigenvalue weighted by molar-refractivity contribution is 5.46. The van der Waals surface area contributed by atoms with Crippen molar-refractivity contribution in [3.8, 4) is 11.6 Å². The second kappa shape index (κ2) is 3.13. The fourth-order valence-electron chi connectivity index (χ4n) is 1.96. The Kier molecular flexibility index (Phi) is 1.86. The molecule has 0 atom stereocenters. The number of nitrogens with zero attached hydrogens (tertiary/aromatic N) is 5. The third-order valence-electron chi connectivity index (χ3n) is 2.76. The number of imidazole rings is 1. The van der Waals surface area contributed by atoms with Crippen molar-refractivity contribution in [1.82, 2.24) is 29.8 Å². The summed E-state index contributed by atoms with van der Waals surface area (Å²) in [5.41, 5.74) is 1.91. The molecule has 2 aromatic heterocycles. The number of hydrogen-bond donors (Lipinski definition) is 2. The van der Waals surface area contributed by atoms with E-state index in [-0.39, 0.29) is 0 Å². The van der Waals surface area contributed by atoms with Gasteiger partial charge in [-0.25, -0.2) is 9.97 Å². The molecule has 7 heteroatoms. The smallest absolute Gasteiger partial charge is 0.217 e. The van der Waals surface area contributed by atoms with Crippen LogP contribution in [0.15, 0.2) is 0 Å². The van der Waals surface area contributed by atoms with E-state index in [2.05, 4.69) is 20.2 Å². The molecule has 1 aliphatic heterocycles. The molecule has 16 heavy (non-hydrogen) atoms. The van der Waals surface area contributed by atoms with Crippen molar-refractivity contribution in [2.45, 2.75) is 20.0 Å². The Bertz CT molecular complexity index is 542. The van der Waals surface area contributed by atoms with Crippen molar-refractivity contribution >= 4 is 0 Å². The maximum Gasteiger partial charge on any atom is 0.217 e. The van der Waals surface area contributed by atoms with Gasteiger partial charge >= 0.3 is 0 Å². The number of aryl methyl sites for hydroxylation is 1. The van der Waals surface area contributed by atoms with Crippen LogP contribution in [0.25, 0.3) is 11.6 Å². The molecule has 0 spiro atoms. The van der Waals surface area contributed by atoms with E-state index >= 15 is 0 Å². The largest absolute Gasteiger partial charge is 0.327 e. The lowest BCUT2D eigenvalue weighted by molar-refractivity contribution is -0.0984. The first-order valence-corrected chi connectivity index (χ1v) is 5.03. The van der Waals surface area contributed by atoms with Gasteiger partial charge in [0.2, 0.25) is 5.82 Å². The summed E-state index contributed by atoms with van der Waals surface area (Å²) in [5.74, 6) is 2.10. The molecule has 0 aromatic carbocycles. The molecule has 0 aliphatic carbocycles. The Morgan fingerprint density at radius 3 is 2.75 bits per heavy atom. The highest BCUT2D eigenvalue weighted by atomic mass is 16.5. The molecule has 3 heterocycles. The third-order valence-corrected chi connectivity index (χ3v) is 2.76. The molecule has 0 saturated carbocycles. The van der Waals surface area contributed by atoms with E-state index < -0.39 is 0 Å². The van der Waals surface area contributed by atoms with E-state index in [9.17, 15) is 5.21 Å². The molecule has 0 unspecified atom stereocenters. The summed E-state index contributed by atoms with van der Waals surface area (Å²) in [4.78, 5) is 8.69. The number of nitrogens with one attached hydrogen (secondary N) is 1. The van der Waals surface area contributed by atoms with Crippen molar-refractivity contribution in [1.29, 1.82) is 0 Å². The van der Waals surface area contributed by atoms with Gasteiger partial charge in [0.15, 0.2) is 5.82 Å². The minimum absolute atomic E-state index is 0.465. The molecule has 2 aromatic rings. The van der Waals surface area contributed by atoms with Gasteiger partial charge < -0.3 is 9.77 Å². The molecule has 0 bridgehead atoms. The Hall–Kier alpha value is -1.73. The summed E-state index contributed by atoms with van der Waals surface area (Å²) in [6.45, 7) is 2.82. The van der Waals surface area contributed by atoms with Crippen molar-refractivity contribution in [3.05, 3.63) is 17.2 Å². The van der Waals surface area contributed by atoms with Crippen LogP contribution in [0.2, 0.25) is 0 Å². The van der Waals surface area contributed by atoms with Gasteiger partial charge in [-0.2, -0.15) is 10.2 Å². The Balaban J connectivity index is 2.08. The Morgan fingerprint density at radius 1 is 1.31 bits per heavy atom. The second-order valence-electron chi connectivity index (χ2n) is 3.95. The first-order valence-electron chi connectivity index (χ1n) is 5.03. The maximum absolute atomic E-state index is 9.37. The summed E-state index contributed by atoms with van der Waals surface area (Å²) < 4.78 is 1.92. The third kappa shape index (κ3) is 1.25. The van der Waals surface area contributed by atoms with Crippen LogP contribution in [0.5, 0.6) is 0 Å². The van der Waals surface area contributed by atoms with Gasteiger partial charge in [0.25, 0.3) is 0 Å². The molecule has 84 valence electrons. The number of hydroxylamine groups is 2. The SMILES string of the molecule is Cc1nc(-c2nc3c(n2C)CN(O)C3)n[nH]1. The van der Waals surface area contributed by atoms with Crippen molar-refractivity contribution in [2.75, 3.05) is 0 Å². The normalized spacial score (nSPS) is 15.7.